The van der Waals surface area contributed by atoms with E-state index in [-0.39, 0.29) is 23.8 Å². The molecule has 138 valence electrons. The van der Waals surface area contributed by atoms with Crippen LogP contribution in [0.3, 0.4) is 0 Å². The average Bonchev–Trinajstić information content (AvgIpc) is 3.39. The van der Waals surface area contributed by atoms with Crippen molar-refractivity contribution in [3.63, 3.8) is 0 Å². The van der Waals surface area contributed by atoms with Crippen molar-refractivity contribution >= 4 is 17.3 Å². The average molecular weight is 355 g/mol. The molecular formula is C19H25N5O2. The lowest BCUT2D eigenvalue weighted by Crippen LogP contribution is -2.41. The van der Waals surface area contributed by atoms with E-state index < -0.39 is 0 Å². The highest BCUT2D eigenvalue weighted by atomic mass is 16.2. The van der Waals surface area contributed by atoms with Gasteiger partial charge in [-0.05, 0) is 44.6 Å². The van der Waals surface area contributed by atoms with Crippen LogP contribution in [0.25, 0.3) is 5.52 Å². The second kappa shape index (κ2) is 6.72. The number of carbonyl (C=O) groups is 2. The molecule has 0 N–H and O–H groups in total. The van der Waals surface area contributed by atoms with Crippen LogP contribution >= 0.6 is 0 Å². The van der Waals surface area contributed by atoms with Gasteiger partial charge in [0.05, 0.1) is 23.0 Å². The van der Waals surface area contributed by atoms with Gasteiger partial charge in [0.2, 0.25) is 5.91 Å². The Hall–Kier alpha value is -2.41. The van der Waals surface area contributed by atoms with Crippen molar-refractivity contribution in [2.45, 2.75) is 18.9 Å². The van der Waals surface area contributed by atoms with Crippen molar-refractivity contribution in [2.75, 3.05) is 40.3 Å². The molecular weight excluding hydrogens is 330 g/mol. The normalized spacial score (nSPS) is 23.7. The SMILES string of the molecule is CN1CC[C@H](C(=O)N2CCC(N(C)C(=O)c3ccn4ncccc34)C2)C1. The number of amides is 2. The third kappa shape index (κ3) is 2.96. The van der Waals surface area contributed by atoms with Crippen LogP contribution in [-0.4, -0.2) is 82.4 Å². The highest BCUT2D eigenvalue weighted by Crippen LogP contribution is 2.23. The zero-order chi connectivity index (χ0) is 18.3. The molecule has 2 amide bonds. The Kier molecular flexibility index (Phi) is 4.40. The second-order valence-corrected chi connectivity index (χ2v) is 7.47. The molecule has 7 nitrogen and oxygen atoms in total. The fourth-order valence-electron chi connectivity index (χ4n) is 4.14. The molecule has 0 aromatic carbocycles. The van der Waals surface area contributed by atoms with E-state index in [0.717, 1.165) is 38.0 Å². The van der Waals surface area contributed by atoms with Crippen LogP contribution in [0.1, 0.15) is 23.2 Å². The van der Waals surface area contributed by atoms with Crippen LogP contribution in [0.15, 0.2) is 30.6 Å². The summed E-state index contributed by atoms with van der Waals surface area (Å²) in [6, 6.07) is 5.61. The van der Waals surface area contributed by atoms with E-state index in [4.69, 9.17) is 0 Å². The van der Waals surface area contributed by atoms with E-state index in [2.05, 4.69) is 17.0 Å². The summed E-state index contributed by atoms with van der Waals surface area (Å²) in [6.07, 6.45) is 5.28. The number of fused-ring (bicyclic) bond motifs is 1. The van der Waals surface area contributed by atoms with Gasteiger partial charge in [-0.1, -0.05) is 0 Å². The summed E-state index contributed by atoms with van der Waals surface area (Å²) in [6.45, 7) is 3.20. The summed E-state index contributed by atoms with van der Waals surface area (Å²) in [5.41, 5.74) is 1.46. The Balaban J connectivity index is 1.43. The predicted octanol–water partition coefficient (Wildman–Crippen LogP) is 0.959. The predicted molar refractivity (Wildman–Crippen MR) is 97.9 cm³/mol. The minimum atomic E-state index is -0.0135. The van der Waals surface area contributed by atoms with Gasteiger partial charge >= 0.3 is 0 Å². The van der Waals surface area contributed by atoms with E-state index >= 15 is 0 Å². The summed E-state index contributed by atoms with van der Waals surface area (Å²) in [4.78, 5) is 31.6. The van der Waals surface area contributed by atoms with Crippen molar-refractivity contribution in [1.82, 2.24) is 24.3 Å². The third-order valence-corrected chi connectivity index (χ3v) is 5.75. The summed E-state index contributed by atoms with van der Waals surface area (Å²) in [5.74, 6) is 0.345. The number of rotatable bonds is 3. The number of carbonyl (C=O) groups excluding carboxylic acids is 2. The Bertz CT molecular complexity index is 832. The molecule has 2 fully saturated rings. The number of likely N-dealkylation sites (N-methyl/N-ethyl adjacent to an activating group) is 1. The number of hydrogen-bond acceptors (Lipinski definition) is 4. The van der Waals surface area contributed by atoms with E-state index in [1.807, 2.05) is 30.1 Å². The van der Waals surface area contributed by atoms with Gasteiger partial charge in [-0.15, -0.1) is 0 Å². The Morgan fingerprint density at radius 1 is 1.19 bits per heavy atom. The van der Waals surface area contributed by atoms with Gasteiger partial charge in [0.25, 0.3) is 5.91 Å². The lowest BCUT2D eigenvalue weighted by Gasteiger charge is -2.25. The molecule has 0 saturated carbocycles. The maximum absolute atomic E-state index is 13.0. The number of nitrogens with zero attached hydrogens (tertiary/aromatic N) is 5. The second-order valence-electron chi connectivity index (χ2n) is 7.47. The highest BCUT2D eigenvalue weighted by Gasteiger charge is 2.36. The van der Waals surface area contributed by atoms with Gasteiger partial charge in [-0.2, -0.15) is 5.10 Å². The molecule has 0 radical (unpaired) electrons. The fraction of sp³-hybridized carbons (Fsp3) is 0.526. The molecule has 2 aromatic rings. The molecule has 0 aliphatic carbocycles. The summed E-state index contributed by atoms with van der Waals surface area (Å²) in [7, 11) is 3.90. The quantitative estimate of drug-likeness (QED) is 0.823. The molecule has 2 aliphatic heterocycles. The molecule has 2 aliphatic rings. The van der Waals surface area contributed by atoms with Gasteiger partial charge in [-0.3, -0.25) is 9.59 Å². The minimum Gasteiger partial charge on any atom is -0.340 e. The zero-order valence-corrected chi connectivity index (χ0v) is 15.3. The van der Waals surface area contributed by atoms with Gasteiger partial charge in [0.1, 0.15) is 0 Å². The lowest BCUT2D eigenvalue weighted by molar-refractivity contribution is -0.134. The molecule has 4 heterocycles. The van der Waals surface area contributed by atoms with E-state index in [0.29, 0.717) is 12.1 Å². The largest absolute Gasteiger partial charge is 0.340 e. The first-order valence-electron chi connectivity index (χ1n) is 9.21. The molecule has 0 bridgehead atoms. The molecule has 2 atom stereocenters. The highest BCUT2D eigenvalue weighted by molar-refractivity contribution is 6.01. The Labute approximate surface area is 153 Å². The smallest absolute Gasteiger partial charge is 0.256 e. The van der Waals surface area contributed by atoms with Crippen molar-refractivity contribution in [2.24, 2.45) is 5.92 Å². The minimum absolute atomic E-state index is 0.0135. The summed E-state index contributed by atoms with van der Waals surface area (Å²) >= 11 is 0. The Morgan fingerprint density at radius 3 is 2.81 bits per heavy atom. The van der Waals surface area contributed by atoms with Crippen molar-refractivity contribution < 1.29 is 9.59 Å². The van der Waals surface area contributed by atoms with E-state index in [1.54, 1.807) is 21.8 Å². The molecule has 7 heteroatoms. The third-order valence-electron chi connectivity index (χ3n) is 5.75. The van der Waals surface area contributed by atoms with Crippen LogP contribution in [0.5, 0.6) is 0 Å². The number of aromatic nitrogens is 2. The van der Waals surface area contributed by atoms with Crippen LogP contribution in [0.2, 0.25) is 0 Å². The van der Waals surface area contributed by atoms with E-state index in [1.165, 1.54) is 0 Å². The van der Waals surface area contributed by atoms with Gasteiger partial charge in [0.15, 0.2) is 0 Å². The van der Waals surface area contributed by atoms with Crippen LogP contribution in [0, 0.1) is 5.92 Å². The van der Waals surface area contributed by atoms with Crippen LogP contribution < -0.4 is 0 Å². The Morgan fingerprint density at radius 2 is 2.04 bits per heavy atom. The first-order chi connectivity index (χ1) is 12.5. The maximum atomic E-state index is 13.0. The first-order valence-corrected chi connectivity index (χ1v) is 9.21. The van der Waals surface area contributed by atoms with Crippen molar-refractivity contribution in [3.8, 4) is 0 Å². The van der Waals surface area contributed by atoms with Crippen LogP contribution in [0.4, 0.5) is 0 Å². The van der Waals surface area contributed by atoms with Crippen molar-refractivity contribution in [1.29, 1.82) is 0 Å². The molecule has 1 unspecified atom stereocenters. The molecule has 4 rings (SSSR count). The first kappa shape index (κ1) is 17.0. The monoisotopic (exact) mass is 355 g/mol. The van der Waals surface area contributed by atoms with Gasteiger partial charge in [-0.25, -0.2) is 4.52 Å². The van der Waals surface area contributed by atoms with Crippen molar-refractivity contribution in [3.05, 3.63) is 36.2 Å². The number of likely N-dealkylation sites (tertiary alicyclic amines) is 2. The fourth-order valence-corrected chi connectivity index (χ4v) is 4.14. The van der Waals surface area contributed by atoms with E-state index in [9.17, 15) is 9.59 Å². The molecule has 2 saturated heterocycles. The molecule has 0 spiro atoms. The van der Waals surface area contributed by atoms with Gasteiger partial charge < -0.3 is 14.7 Å². The zero-order valence-electron chi connectivity index (χ0n) is 15.3. The summed E-state index contributed by atoms with van der Waals surface area (Å²) < 4.78 is 1.71. The van der Waals surface area contributed by atoms with Crippen LogP contribution in [-0.2, 0) is 4.79 Å². The lowest BCUT2D eigenvalue weighted by atomic mass is 10.1. The number of hydrogen-bond donors (Lipinski definition) is 0. The standard InChI is InChI=1S/C19H25N5O2/c1-21-9-5-14(12-21)18(25)23-10-6-15(13-23)22(2)19(26)16-7-11-24-17(16)4-3-8-20-24/h3-4,7-8,11,14-15H,5-6,9-10,12-13H2,1-2H3/t14-,15?/m0/s1. The maximum Gasteiger partial charge on any atom is 0.256 e. The molecule has 2 aromatic heterocycles. The van der Waals surface area contributed by atoms with Gasteiger partial charge in [0, 0.05) is 39.1 Å². The topological polar surface area (TPSA) is 61.2 Å². The summed E-state index contributed by atoms with van der Waals surface area (Å²) in [5, 5.41) is 4.22. The molecule has 26 heavy (non-hydrogen) atoms.